The van der Waals surface area contributed by atoms with E-state index in [1.165, 1.54) is 12.0 Å². The molecule has 84 valence electrons. The van der Waals surface area contributed by atoms with Gasteiger partial charge in [0.1, 0.15) is 0 Å². The Kier molecular flexibility index (Phi) is 5.65. The van der Waals surface area contributed by atoms with Crippen LogP contribution in [0.1, 0.15) is 38.3 Å². The van der Waals surface area contributed by atoms with Gasteiger partial charge < -0.3 is 5.32 Å². The molecule has 0 fully saturated rings. The molecule has 1 atom stereocenters. The summed E-state index contributed by atoms with van der Waals surface area (Å²) >= 11 is 9.49. The van der Waals surface area contributed by atoms with Crippen molar-refractivity contribution in [1.29, 1.82) is 0 Å². The summed E-state index contributed by atoms with van der Waals surface area (Å²) in [5, 5.41) is 4.26. The maximum absolute atomic E-state index is 5.93. The van der Waals surface area contributed by atoms with Crippen molar-refractivity contribution >= 4 is 27.5 Å². The summed E-state index contributed by atoms with van der Waals surface area (Å²) in [4.78, 5) is 0. The van der Waals surface area contributed by atoms with Gasteiger partial charge in [0, 0.05) is 15.5 Å². The highest BCUT2D eigenvalue weighted by molar-refractivity contribution is 9.10. The lowest BCUT2D eigenvalue weighted by molar-refractivity contribution is 0.508. The molecule has 0 aliphatic carbocycles. The first-order valence-electron chi connectivity index (χ1n) is 5.37. The molecule has 0 aromatic heterocycles. The summed E-state index contributed by atoms with van der Waals surface area (Å²) in [5.74, 6) is 0. The van der Waals surface area contributed by atoms with Crippen LogP contribution in [0.25, 0.3) is 0 Å². The summed E-state index contributed by atoms with van der Waals surface area (Å²) in [6.45, 7) is 5.32. The second kappa shape index (κ2) is 6.51. The molecule has 1 N–H and O–H groups in total. The fourth-order valence-corrected chi connectivity index (χ4v) is 2.65. The topological polar surface area (TPSA) is 12.0 Å². The highest BCUT2D eigenvalue weighted by Crippen LogP contribution is 2.28. The third-order valence-electron chi connectivity index (χ3n) is 2.37. The molecule has 0 radical (unpaired) electrons. The quantitative estimate of drug-likeness (QED) is 0.838. The molecule has 1 nitrogen and oxygen atoms in total. The van der Waals surface area contributed by atoms with Gasteiger partial charge in [0.25, 0.3) is 0 Å². The van der Waals surface area contributed by atoms with Crippen LogP contribution in [0.15, 0.2) is 22.7 Å². The van der Waals surface area contributed by atoms with Crippen molar-refractivity contribution in [2.75, 3.05) is 6.54 Å². The van der Waals surface area contributed by atoms with Crippen LogP contribution in [0.3, 0.4) is 0 Å². The molecule has 3 heteroatoms. The Balaban J connectivity index is 2.89. The van der Waals surface area contributed by atoms with Crippen molar-refractivity contribution in [2.45, 2.75) is 32.7 Å². The SMILES string of the molecule is CCCC(NCC)c1ccc(Cl)cc1Br. The third-order valence-corrected chi connectivity index (χ3v) is 3.29. The third kappa shape index (κ3) is 3.78. The van der Waals surface area contributed by atoms with Crippen LogP contribution in [0.2, 0.25) is 5.02 Å². The van der Waals surface area contributed by atoms with Gasteiger partial charge in [-0.05, 0) is 30.7 Å². The Morgan fingerprint density at radius 2 is 2.13 bits per heavy atom. The Hall–Kier alpha value is -0.0500. The van der Waals surface area contributed by atoms with Crippen LogP contribution in [0.4, 0.5) is 0 Å². The zero-order chi connectivity index (χ0) is 11.3. The Morgan fingerprint density at radius 3 is 2.67 bits per heavy atom. The van der Waals surface area contributed by atoms with Gasteiger partial charge in [-0.15, -0.1) is 0 Å². The van der Waals surface area contributed by atoms with Crippen LogP contribution in [-0.4, -0.2) is 6.54 Å². The predicted octanol–water partition coefficient (Wildman–Crippen LogP) is 4.55. The summed E-state index contributed by atoms with van der Waals surface area (Å²) in [6, 6.07) is 6.42. The van der Waals surface area contributed by atoms with Gasteiger partial charge in [-0.2, -0.15) is 0 Å². The first-order valence-corrected chi connectivity index (χ1v) is 6.54. The number of hydrogen-bond acceptors (Lipinski definition) is 1. The number of benzene rings is 1. The molecule has 0 heterocycles. The fourth-order valence-electron chi connectivity index (χ4n) is 1.69. The highest BCUT2D eigenvalue weighted by Gasteiger charge is 2.12. The van der Waals surface area contributed by atoms with E-state index >= 15 is 0 Å². The lowest BCUT2D eigenvalue weighted by Gasteiger charge is -2.19. The fraction of sp³-hybridized carbons (Fsp3) is 0.500. The van der Waals surface area contributed by atoms with Gasteiger partial charge in [0.2, 0.25) is 0 Å². The summed E-state index contributed by atoms with van der Waals surface area (Å²) in [6.07, 6.45) is 2.32. The molecule has 0 saturated heterocycles. The van der Waals surface area contributed by atoms with E-state index < -0.39 is 0 Å². The molecule has 15 heavy (non-hydrogen) atoms. The summed E-state index contributed by atoms with van der Waals surface area (Å²) in [7, 11) is 0. The average Bonchev–Trinajstić information content (AvgIpc) is 2.17. The molecule has 1 aromatic rings. The maximum Gasteiger partial charge on any atom is 0.0417 e. The van der Waals surface area contributed by atoms with Crippen molar-refractivity contribution in [2.24, 2.45) is 0 Å². The molecule has 1 unspecified atom stereocenters. The minimum Gasteiger partial charge on any atom is -0.310 e. The van der Waals surface area contributed by atoms with E-state index in [0.717, 1.165) is 22.5 Å². The first kappa shape index (κ1) is 13.0. The van der Waals surface area contributed by atoms with E-state index in [-0.39, 0.29) is 0 Å². The van der Waals surface area contributed by atoms with Crippen molar-refractivity contribution in [3.63, 3.8) is 0 Å². The molecule has 0 spiro atoms. The van der Waals surface area contributed by atoms with Crippen molar-refractivity contribution in [3.05, 3.63) is 33.3 Å². The number of nitrogens with one attached hydrogen (secondary N) is 1. The van der Waals surface area contributed by atoms with Crippen LogP contribution < -0.4 is 5.32 Å². The second-order valence-electron chi connectivity index (χ2n) is 3.56. The molecule has 1 aromatic carbocycles. The summed E-state index contributed by atoms with van der Waals surface area (Å²) in [5.41, 5.74) is 1.29. The predicted molar refractivity (Wildman–Crippen MR) is 70.5 cm³/mol. The van der Waals surface area contributed by atoms with E-state index in [1.54, 1.807) is 0 Å². The van der Waals surface area contributed by atoms with Gasteiger partial charge in [-0.1, -0.05) is 53.9 Å². The average molecular weight is 291 g/mol. The normalized spacial score (nSPS) is 12.8. The van der Waals surface area contributed by atoms with E-state index in [1.807, 2.05) is 12.1 Å². The zero-order valence-corrected chi connectivity index (χ0v) is 11.5. The molecular formula is C12H17BrClN. The van der Waals surface area contributed by atoms with Crippen LogP contribution in [-0.2, 0) is 0 Å². The van der Waals surface area contributed by atoms with Crippen molar-refractivity contribution in [1.82, 2.24) is 5.32 Å². The van der Waals surface area contributed by atoms with Gasteiger partial charge in [-0.3, -0.25) is 0 Å². The first-order chi connectivity index (χ1) is 7.19. The van der Waals surface area contributed by atoms with Crippen LogP contribution in [0.5, 0.6) is 0 Å². The van der Waals surface area contributed by atoms with Crippen molar-refractivity contribution in [3.8, 4) is 0 Å². The van der Waals surface area contributed by atoms with E-state index in [4.69, 9.17) is 11.6 Å². The van der Waals surface area contributed by atoms with Gasteiger partial charge >= 0.3 is 0 Å². The minimum atomic E-state index is 0.423. The molecule has 0 saturated carbocycles. The number of hydrogen-bond donors (Lipinski definition) is 1. The number of rotatable bonds is 5. The highest BCUT2D eigenvalue weighted by atomic mass is 79.9. The molecule has 1 rings (SSSR count). The Labute approximate surface area is 105 Å². The second-order valence-corrected chi connectivity index (χ2v) is 4.86. The lowest BCUT2D eigenvalue weighted by Crippen LogP contribution is -2.21. The van der Waals surface area contributed by atoms with Crippen LogP contribution >= 0.6 is 27.5 Å². The molecule has 0 amide bonds. The van der Waals surface area contributed by atoms with Crippen molar-refractivity contribution < 1.29 is 0 Å². The number of halogens is 2. The van der Waals surface area contributed by atoms with E-state index in [0.29, 0.717) is 6.04 Å². The molecule has 0 aliphatic rings. The van der Waals surface area contributed by atoms with Gasteiger partial charge in [0.15, 0.2) is 0 Å². The zero-order valence-electron chi connectivity index (χ0n) is 9.19. The summed E-state index contributed by atoms with van der Waals surface area (Å²) < 4.78 is 1.09. The van der Waals surface area contributed by atoms with E-state index in [9.17, 15) is 0 Å². The van der Waals surface area contributed by atoms with Crippen LogP contribution in [0, 0.1) is 0 Å². The van der Waals surface area contributed by atoms with Gasteiger partial charge in [-0.25, -0.2) is 0 Å². The Bertz CT molecular complexity index is 308. The maximum atomic E-state index is 5.93. The standard InChI is InChI=1S/C12H17BrClN/c1-3-5-12(15-4-2)10-7-6-9(14)8-11(10)13/h6-8,12,15H,3-5H2,1-2H3. The molecule has 0 aliphatic heterocycles. The lowest BCUT2D eigenvalue weighted by atomic mass is 10.0. The van der Waals surface area contributed by atoms with Gasteiger partial charge in [0.05, 0.1) is 0 Å². The minimum absolute atomic E-state index is 0.423. The monoisotopic (exact) mass is 289 g/mol. The largest absolute Gasteiger partial charge is 0.310 e. The Morgan fingerprint density at radius 1 is 1.40 bits per heavy atom. The molecular weight excluding hydrogens is 273 g/mol. The smallest absolute Gasteiger partial charge is 0.0417 e. The van der Waals surface area contributed by atoms with E-state index in [2.05, 4.69) is 41.2 Å². The molecule has 0 bridgehead atoms.